The minimum Gasteiger partial charge on any atom is -0.455 e. The van der Waals surface area contributed by atoms with Crippen molar-refractivity contribution in [2.75, 3.05) is 27.3 Å². The Morgan fingerprint density at radius 1 is 1.03 bits per heavy atom. The van der Waals surface area contributed by atoms with Crippen molar-refractivity contribution in [3.8, 4) is 22.5 Å². The standard InChI is InChI=1S/C29H27FN2O4/c1-31-28(33)26-24-16-21(11-14-25(24)36-27(26)19-9-12-22(30)13-10-19)18-5-7-20(8-6-18)29(34)32-15-3-4-23(32)17-35-2/h5-14,16,23H,3-4,15,17H2,1-2H3,(H,31,33)/t23-/m1/s1. The number of halogens is 1. The molecule has 0 spiro atoms. The number of nitrogens with one attached hydrogen (secondary N) is 1. The van der Waals surface area contributed by atoms with E-state index in [2.05, 4.69) is 5.32 Å². The third-order valence-corrected chi connectivity index (χ3v) is 6.71. The number of carbonyl (C=O) groups is 2. The molecule has 1 N–H and O–H groups in total. The summed E-state index contributed by atoms with van der Waals surface area (Å²) in [6.07, 6.45) is 1.94. The molecule has 0 radical (unpaired) electrons. The zero-order chi connectivity index (χ0) is 25.2. The first-order valence-corrected chi connectivity index (χ1v) is 11.9. The summed E-state index contributed by atoms with van der Waals surface area (Å²) < 4.78 is 24.8. The molecule has 3 aromatic carbocycles. The Morgan fingerprint density at radius 2 is 1.72 bits per heavy atom. The molecule has 0 unspecified atom stereocenters. The molecule has 0 saturated carbocycles. The van der Waals surface area contributed by atoms with Gasteiger partial charge in [0.15, 0.2) is 0 Å². The zero-order valence-electron chi connectivity index (χ0n) is 20.2. The lowest BCUT2D eigenvalue weighted by atomic mass is 9.99. The van der Waals surface area contributed by atoms with E-state index in [9.17, 15) is 14.0 Å². The van der Waals surface area contributed by atoms with Crippen molar-refractivity contribution in [3.05, 3.63) is 83.7 Å². The number of methoxy groups -OCH3 is 1. The fraction of sp³-hybridized carbons (Fsp3) is 0.241. The second-order valence-corrected chi connectivity index (χ2v) is 8.93. The van der Waals surface area contributed by atoms with Gasteiger partial charge in [-0.2, -0.15) is 0 Å². The van der Waals surface area contributed by atoms with Crippen molar-refractivity contribution in [1.82, 2.24) is 10.2 Å². The van der Waals surface area contributed by atoms with Gasteiger partial charge in [0, 0.05) is 37.2 Å². The lowest BCUT2D eigenvalue weighted by Gasteiger charge is -2.24. The third-order valence-electron chi connectivity index (χ3n) is 6.71. The first-order chi connectivity index (χ1) is 17.5. The van der Waals surface area contributed by atoms with E-state index >= 15 is 0 Å². The zero-order valence-corrected chi connectivity index (χ0v) is 20.2. The Balaban J connectivity index is 1.49. The predicted octanol–water partition coefficient (Wildman–Crippen LogP) is 5.52. The second kappa shape index (κ2) is 9.95. The van der Waals surface area contributed by atoms with Crippen LogP contribution < -0.4 is 5.32 Å². The third kappa shape index (κ3) is 4.38. The lowest BCUT2D eigenvalue weighted by Crippen LogP contribution is -2.38. The smallest absolute Gasteiger partial charge is 0.255 e. The van der Waals surface area contributed by atoms with Gasteiger partial charge in [0.05, 0.1) is 18.2 Å². The summed E-state index contributed by atoms with van der Waals surface area (Å²) in [6.45, 7) is 1.28. The number of benzene rings is 3. The molecule has 7 heteroatoms. The highest BCUT2D eigenvalue weighted by atomic mass is 19.1. The number of furan rings is 1. The Labute approximate surface area is 208 Å². The molecule has 4 aromatic rings. The molecule has 1 aliphatic rings. The summed E-state index contributed by atoms with van der Waals surface area (Å²) in [6, 6.07) is 19.1. The van der Waals surface area contributed by atoms with Gasteiger partial charge in [-0.05, 0) is 72.5 Å². The van der Waals surface area contributed by atoms with Gasteiger partial charge in [-0.25, -0.2) is 4.39 Å². The van der Waals surface area contributed by atoms with Crippen LogP contribution in [-0.4, -0.2) is 50.1 Å². The number of ether oxygens (including phenoxy) is 1. The molecule has 0 bridgehead atoms. The Morgan fingerprint density at radius 3 is 2.42 bits per heavy atom. The van der Waals surface area contributed by atoms with E-state index in [4.69, 9.17) is 9.15 Å². The van der Waals surface area contributed by atoms with Gasteiger partial charge in [0.1, 0.15) is 17.2 Å². The summed E-state index contributed by atoms with van der Waals surface area (Å²) in [5.41, 5.74) is 4.00. The largest absolute Gasteiger partial charge is 0.455 e. The van der Waals surface area contributed by atoms with E-state index in [0.29, 0.717) is 40.0 Å². The number of rotatable bonds is 6. The molecular weight excluding hydrogens is 459 g/mol. The number of hydrogen-bond acceptors (Lipinski definition) is 4. The lowest BCUT2D eigenvalue weighted by molar-refractivity contribution is 0.0630. The minimum absolute atomic E-state index is 0.0113. The Bertz CT molecular complexity index is 1410. The SMILES string of the molecule is CNC(=O)c1c(-c2ccc(F)cc2)oc2ccc(-c3ccc(C(=O)N4CCC[C@@H]4COC)cc3)cc12. The molecule has 2 amide bonds. The van der Waals surface area contributed by atoms with Crippen molar-refractivity contribution in [2.24, 2.45) is 0 Å². The monoisotopic (exact) mass is 486 g/mol. The van der Waals surface area contributed by atoms with E-state index in [-0.39, 0.29) is 23.7 Å². The van der Waals surface area contributed by atoms with Gasteiger partial charge in [-0.3, -0.25) is 9.59 Å². The topological polar surface area (TPSA) is 71.8 Å². The molecule has 1 aromatic heterocycles. The highest BCUT2D eigenvalue weighted by Gasteiger charge is 2.29. The van der Waals surface area contributed by atoms with Crippen LogP contribution in [0, 0.1) is 5.82 Å². The van der Waals surface area contributed by atoms with Crippen LogP contribution in [0.1, 0.15) is 33.6 Å². The molecule has 5 rings (SSSR count). The van der Waals surface area contributed by atoms with Crippen molar-refractivity contribution in [1.29, 1.82) is 0 Å². The molecule has 0 aliphatic carbocycles. The number of hydrogen-bond donors (Lipinski definition) is 1. The van der Waals surface area contributed by atoms with Crippen LogP contribution >= 0.6 is 0 Å². The number of likely N-dealkylation sites (tertiary alicyclic amines) is 1. The van der Waals surface area contributed by atoms with Gasteiger partial charge in [0.2, 0.25) is 0 Å². The van der Waals surface area contributed by atoms with Crippen molar-refractivity contribution in [3.63, 3.8) is 0 Å². The first-order valence-electron chi connectivity index (χ1n) is 11.9. The van der Waals surface area contributed by atoms with Crippen molar-refractivity contribution in [2.45, 2.75) is 18.9 Å². The van der Waals surface area contributed by atoms with Crippen molar-refractivity contribution >= 4 is 22.8 Å². The number of amides is 2. The minimum atomic E-state index is -0.362. The van der Waals surface area contributed by atoms with E-state index < -0.39 is 0 Å². The molecule has 1 atom stereocenters. The predicted molar refractivity (Wildman–Crippen MR) is 136 cm³/mol. The fourth-order valence-electron chi connectivity index (χ4n) is 4.87. The summed E-state index contributed by atoms with van der Waals surface area (Å²) in [7, 11) is 3.22. The van der Waals surface area contributed by atoms with Gasteiger partial charge in [-0.1, -0.05) is 18.2 Å². The molecule has 184 valence electrons. The van der Waals surface area contributed by atoms with Crippen LogP contribution in [0.2, 0.25) is 0 Å². The molecule has 1 fully saturated rings. The van der Waals surface area contributed by atoms with Crippen LogP contribution in [0.5, 0.6) is 0 Å². The fourth-order valence-corrected chi connectivity index (χ4v) is 4.87. The summed E-state index contributed by atoms with van der Waals surface area (Å²) in [4.78, 5) is 27.8. The molecule has 1 aliphatic heterocycles. The van der Waals surface area contributed by atoms with E-state index in [1.54, 1.807) is 26.3 Å². The van der Waals surface area contributed by atoms with Gasteiger partial charge in [-0.15, -0.1) is 0 Å². The number of fused-ring (bicyclic) bond motifs is 1. The summed E-state index contributed by atoms with van der Waals surface area (Å²) in [5.74, 6) is -0.252. The van der Waals surface area contributed by atoms with E-state index in [0.717, 1.165) is 30.5 Å². The quantitative estimate of drug-likeness (QED) is 0.390. The second-order valence-electron chi connectivity index (χ2n) is 8.93. The highest BCUT2D eigenvalue weighted by Crippen LogP contribution is 2.36. The molecule has 2 heterocycles. The van der Waals surface area contributed by atoms with Gasteiger partial charge >= 0.3 is 0 Å². The normalized spacial score (nSPS) is 15.4. The van der Waals surface area contributed by atoms with E-state index in [1.165, 1.54) is 12.1 Å². The molecule has 1 saturated heterocycles. The maximum Gasteiger partial charge on any atom is 0.255 e. The number of carbonyl (C=O) groups excluding carboxylic acids is 2. The summed E-state index contributed by atoms with van der Waals surface area (Å²) >= 11 is 0. The Hall–Kier alpha value is -3.97. The van der Waals surface area contributed by atoms with Crippen LogP contribution in [0.25, 0.3) is 33.4 Å². The van der Waals surface area contributed by atoms with Crippen molar-refractivity contribution < 1.29 is 23.1 Å². The highest BCUT2D eigenvalue weighted by molar-refractivity contribution is 6.11. The average Bonchev–Trinajstić information content (AvgIpc) is 3.53. The summed E-state index contributed by atoms with van der Waals surface area (Å²) in [5, 5.41) is 3.33. The maximum absolute atomic E-state index is 13.5. The molecule has 6 nitrogen and oxygen atoms in total. The van der Waals surface area contributed by atoms with Crippen LogP contribution in [0.4, 0.5) is 4.39 Å². The van der Waals surface area contributed by atoms with Crippen LogP contribution in [0.15, 0.2) is 71.1 Å². The van der Waals surface area contributed by atoms with Crippen LogP contribution in [0.3, 0.4) is 0 Å². The molecular formula is C29H27FN2O4. The Kier molecular flexibility index (Phi) is 6.57. The van der Waals surface area contributed by atoms with E-state index in [1.807, 2.05) is 47.4 Å². The number of nitrogens with zero attached hydrogens (tertiary/aromatic N) is 1. The molecule has 36 heavy (non-hydrogen) atoms. The maximum atomic E-state index is 13.5. The van der Waals surface area contributed by atoms with Gasteiger partial charge in [0.25, 0.3) is 11.8 Å². The first kappa shape index (κ1) is 23.8. The van der Waals surface area contributed by atoms with Gasteiger partial charge < -0.3 is 19.4 Å². The average molecular weight is 487 g/mol. The van der Waals surface area contributed by atoms with Crippen LogP contribution in [-0.2, 0) is 4.74 Å².